The van der Waals surface area contributed by atoms with Crippen LogP contribution in [0.1, 0.15) is 79.6 Å². The van der Waals surface area contributed by atoms with Crippen molar-refractivity contribution < 1.29 is 46.2 Å². The van der Waals surface area contributed by atoms with Crippen molar-refractivity contribution in [1.82, 2.24) is 25.2 Å². The minimum atomic E-state index is -3.94. The fraction of sp³-hybridized carbons (Fsp3) is 0.523. The molecule has 3 heterocycles. The molecule has 3 N–H and O–H groups in total. The SMILES string of the molecule is COc1ccc2c(O[C@@H]3C[C@H]4C(=O)N[C@]5(C(=O)NS(=O)(=O)C6CC6)CC5/C=C\CC[C@@H](C)C[C@@H](C)[C@H](NC(=O)OC(C)(C)C)C(=O)N4C3)nc(-c3ccc(F)cc3)cc2c1. The van der Waals surface area contributed by atoms with Crippen LogP contribution in [0.2, 0.25) is 0 Å². The third kappa shape index (κ3) is 9.53. The Hall–Kier alpha value is -5.25. The standard InChI is InChI=1S/C44H54FN5O9S/c1-25-9-7-8-10-29-23-44(29,41(53)49-60(55,56)33-16-17-33)48-38(51)36-22-32(24-50(36)40(52)37(26(2)19-25)47-42(54)59-43(3,4)5)58-39-34-18-15-31(57-6)20-28(34)21-35(46-39)27-11-13-30(45)14-12-27/h8,10-15,18,20-21,25-26,29,32-33,36-37H,7,9,16-17,19,22-24H2,1-6H3,(H,47,54)(H,48,51)(H,49,53)/b10-8-/t25-,26-,29?,32-,36+,37+,44-/m1/s1. The maximum Gasteiger partial charge on any atom is 0.408 e. The second-order valence-corrected chi connectivity index (χ2v) is 19.7. The highest BCUT2D eigenvalue weighted by Crippen LogP contribution is 2.46. The van der Waals surface area contributed by atoms with Crippen molar-refractivity contribution in [2.75, 3.05) is 13.7 Å². The summed E-state index contributed by atoms with van der Waals surface area (Å²) in [5, 5.41) is 6.38. The van der Waals surface area contributed by atoms with Crippen LogP contribution < -0.4 is 24.8 Å². The molecule has 0 radical (unpaired) electrons. The van der Waals surface area contributed by atoms with Gasteiger partial charge < -0.3 is 29.7 Å². The number of nitrogens with zero attached hydrogens (tertiary/aromatic N) is 2. The molecule has 2 aliphatic heterocycles. The van der Waals surface area contributed by atoms with Crippen LogP contribution in [0, 0.1) is 23.6 Å². The zero-order valence-electron chi connectivity index (χ0n) is 34.8. The minimum absolute atomic E-state index is 0.0276. The van der Waals surface area contributed by atoms with E-state index in [-0.39, 0.29) is 37.1 Å². The van der Waals surface area contributed by atoms with Gasteiger partial charge in [0.1, 0.15) is 40.9 Å². The maximum absolute atomic E-state index is 14.9. The predicted octanol–water partition coefficient (Wildman–Crippen LogP) is 5.79. The molecule has 3 fully saturated rings. The zero-order valence-corrected chi connectivity index (χ0v) is 35.6. The van der Waals surface area contributed by atoms with E-state index in [1.807, 2.05) is 31.2 Å². The first-order chi connectivity index (χ1) is 28.4. The van der Waals surface area contributed by atoms with Gasteiger partial charge >= 0.3 is 6.09 Å². The molecule has 3 aromatic rings. The van der Waals surface area contributed by atoms with Crippen LogP contribution in [0.5, 0.6) is 11.6 Å². The highest BCUT2D eigenvalue weighted by molar-refractivity contribution is 7.91. The Morgan fingerprint density at radius 3 is 2.43 bits per heavy atom. The number of fused-ring (bicyclic) bond motifs is 3. The highest BCUT2D eigenvalue weighted by atomic mass is 32.2. The van der Waals surface area contributed by atoms with Crippen molar-refractivity contribution in [3.05, 3.63) is 66.5 Å². The van der Waals surface area contributed by atoms with Crippen LogP contribution in [0.3, 0.4) is 0 Å². The number of sulfonamides is 1. The van der Waals surface area contributed by atoms with Gasteiger partial charge in [-0.3, -0.25) is 19.1 Å². The normalized spacial score (nSPS) is 27.9. The van der Waals surface area contributed by atoms with Gasteiger partial charge in [0.25, 0.3) is 5.91 Å². The molecular formula is C44H54FN5O9S. The molecule has 0 spiro atoms. The first-order valence-electron chi connectivity index (χ1n) is 20.6. The summed E-state index contributed by atoms with van der Waals surface area (Å²) in [4.78, 5) is 63.0. The number of amides is 4. The highest BCUT2D eigenvalue weighted by Gasteiger charge is 2.62. The molecule has 4 amide bonds. The van der Waals surface area contributed by atoms with Crippen molar-refractivity contribution in [3.8, 4) is 22.9 Å². The third-order valence-electron chi connectivity index (χ3n) is 11.7. The van der Waals surface area contributed by atoms with E-state index >= 15 is 0 Å². The molecule has 1 unspecified atom stereocenters. The number of pyridine rings is 1. The van der Waals surface area contributed by atoms with Gasteiger partial charge in [-0.1, -0.05) is 26.0 Å². The number of carbonyl (C=O) groups is 4. The van der Waals surface area contributed by atoms with Gasteiger partial charge in [0.2, 0.25) is 27.7 Å². The Labute approximate surface area is 350 Å². The van der Waals surface area contributed by atoms with E-state index in [4.69, 9.17) is 19.2 Å². The molecule has 7 atom stereocenters. The maximum atomic E-state index is 14.9. The van der Waals surface area contributed by atoms with E-state index in [0.717, 1.165) is 6.42 Å². The second-order valence-electron chi connectivity index (χ2n) is 17.8. The molecule has 4 aliphatic rings. The molecule has 2 saturated carbocycles. The minimum Gasteiger partial charge on any atom is -0.497 e. The topological polar surface area (TPSA) is 182 Å². The van der Waals surface area contributed by atoms with Gasteiger partial charge in [-0.15, -0.1) is 0 Å². The number of ether oxygens (including phenoxy) is 3. The molecule has 14 nitrogen and oxygen atoms in total. The number of halogens is 1. The number of nitrogens with one attached hydrogen (secondary N) is 3. The van der Waals surface area contributed by atoms with Crippen molar-refractivity contribution in [2.24, 2.45) is 17.8 Å². The second kappa shape index (κ2) is 16.7. The number of rotatable bonds is 8. The monoisotopic (exact) mass is 847 g/mol. The third-order valence-corrected chi connectivity index (χ3v) is 13.5. The molecule has 60 heavy (non-hydrogen) atoms. The lowest BCUT2D eigenvalue weighted by molar-refractivity contribution is -0.142. The van der Waals surface area contributed by atoms with E-state index in [0.29, 0.717) is 53.5 Å². The first kappa shape index (κ1) is 42.9. The summed E-state index contributed by atoms with van der Waals surface area (Å²) in [6.45, 7) is 9.01. The van der Waals surface area contributed by atoms with Crippen molar-refractivity contribution in [3.63, 3.8) is 0 Å². The Morgan fingerprint density at radius 2 is 1.75 bits per heavy atom. The number of benzene rings is 2. The Morgan fingerprint density at radius 1 is 1.02 bits per heavy atom. The van der Waals surface area contributed by atoms with Crippen LogP contribution in [0.25, 0.3) is 22.0 Å². The fourth-order valence-corrected chi connectivity index (χ4v) is 9.64. The van der Waals surface area contributed by atoms with Gasteiger partial charge in [0.15, 0.2) is 0 Å². The summed E-state index contributed by atoms with van der Waals surface area (Å²) >= 11 is 0. The number of alkyl carbamates (subject to hydrolysis) is 1. The van der Waals surface area contributed by atoms with Gasteiger partial charge in [-0.25, -0.2) is 22.6 Å². The summed E-state index contributed by atoms with van der Waals surface area (Å²) in [5.41, 5.74) is -1.30. The van der Waals surface area contributed by atoms with Gasteiger partial charge in [0.05, 0.1) is 24.6 Å². The lowest BCUT2D eigenvalue weighted by Crippen LogP contribution is -2.59. The van der Waals surface area contributed by atoms with Crippen LogP contribution in [-0.4, -0.2) is 90.3 Å². The lowest BCUT2D eigenvalue weighted by atomic mass is 9.88. The van der Waals surface area contributed by atoms with Crippen molar-refractivity contribution >= 4 is 44.6 Å². The van der Waals surface area contributed by atoms with E-state index in [9.17, 15) is 32.0 Å². The fourth-order valence-electron chi connectivity index (χ4n) is 8.28. The quantitative estimate of drug-likeness (QED) is 0.235. The number of methoxy groups -OCH3 is 1. The largest absolute Gasteiger partial charge is 0.497 e. The smallest absolute Gasteiger partial charge is 0.408 e. The van der Waals surface area contributed by atoms with E-state index in [2.05, 4.69) is 22.3 Å². The van der Waals surface area contributed by atoms with E-state index in [1.165, 1.54) is 17.0 Å². The molecule has 0 bridgehead atoms. The molecule has 2 aromatic carbocycles. The van der Waals surface area contributed by atoms with E-state index < -0.39 is 80.2 Å². The molecule has 1 aromatic heterocycles. The van der Waals surface area contributed by atoms with Crippen LogP contribution in [0.4, 0.5) is 9.18 Å². The van der Waals surface area contributed by atoms with Crippen LogP contribution in [-0.2, 0) is 29.1 Å². The van der Waals surface area contributed by atoms with Crippen LogP contribution >= 0.6 is 0 Å². The average molecular weight is 848 g/mol. The Bertz CT molecular complexity index is 2290. The number of hydrogen-bond donors (Lipinski definition) is 3. The van der Waals surface area contributed by atoms with E-state index in [1.54, 1.807) is 52.1 Å². The Balaban J connectivity index is 1.26. The molecular weight excluding hydrogens is 794 g/mol. The summed E-state index contributed by atoms with van der Waals surface area (Å²) in [6.07, 6.45) is 5.22. The van der Waals surface area contributed by atoms with Crippen molar-refractivity contribution in [1.29, 1.82) is 0 Å². The van der Waals surface area contributed by atoms with Crippen LogP contribution in [0.15, 0.2) is 60.7 Å². The van der Waals surface area contributed by atoms with Gasteiger partial charge in [0, 0.05) is 23.3 Å². The Kier molecular flexibility index (Phi) is 11.9. The zero-order chi connectivity index (χ0) is 43.1. The predicted molar refractivity (Wildman–Crippen MR) is 222 cm³/mol. The molecule has 7 rings (SSSR count). The lowest BCUT2D eigenvalue weighted by Gasteiger charge is -2.33. The summed E-state index contributed by atoms with van der Waals surface area (Å²) in [7, 11) is -2.39. The molecule has 16 heteroatoms. The number of allylic oxidation sites excluding steroid dienone is 1. The van der Waals surface area contributed by atoms with Gasteiger partial charge in [-0.2, -0.15) is 0 Å². The van der Waals surface area contributed by atoms with Gasteiger partial charge in [-0.05, 0) is 125 Å². The molecule has 2 aliphatic carbocycles. The summed E-state index contributed by atoms with van der Waals surface area (Å²) < 4.78 is 59.8. The van der Waals surface area contributed by atoms with Crippen molar-refractivity contribution in [2.45, 2.75) is 114 Å². The summed E-state index contributed by atoms with van der Waals surface area (Å²) in [6, 6.07) is 10.8. The number of carbonyl (C=O) groups excluding carboxylic acids is 4. The summed E-state index contributed by atoms with van der Waals surface area (Å²) in [5.74, 6) is -2.38. The first-order valence-corrected chi connectivity index (χ1v) is 22.2. The number of aromatic nitrogens is 1. The molecule has 322 valence electrons. The number of hydrogen-bond acceptors (Lipinski definition) is 10. The molecule has 1 saturated heterocycles. The average Bonchev–Trinajstić information content (AvgIpc) is 4.11.